The fourth-order valence-electron chi connectivity index (χ4n) is 0.448. The Balaban J connectivity index is 3.89. The summed E-state index contributed by atoms with van der Waals surface area (Å²) in [5.74, 6) is -0.301. The van der Waals surface area contributed by atoms with Crippen molar-refractivity contribution in [2.24, 2.45) is 0 Å². The second kappa shape index (κ2) is 6.62. The molecule has 12 heavy (non-hydrogen) atoms. The third-order valence-corrected chi connectivity index (χ3v) is 2.91. The van der Waals surface area contributed by atoms with E-state index < -0.39 is 0 Å². The summed E-state index contributed by atoms with van der Waals surface area (Å²) in [6.45, 7) is 2.06. The number of ether oxygens (including phenoxy) is 2. The lowest BCUT2D eigenvalue weighted by atomic mass is 10.5. The number of hydrogen-bond donors (Lipinski definition) is 0. The van der Waals surface area contributed by atoms with Gasteiger partial charge in [0.2, 0.25) is 0 Å². The highest BCUT2D eigenvalue weighted by molar-refractivity contribution is 9.14. The second-order valence-electron chi connectivity index (χ2n) is 2.02. The highest BCUT2D eigenvalue weighted by Crippen LogP contribution is 2.18. The third-order valence-electron chi connectivity index (χ3n) is 0.968. The molecule has 0 rings (SSSR count). The lowest BCUT2D eigenvalue weighted by Gasteiger charge is -2.03. The average Bonchev–Trinajstić information content (AvgIpc) is 2.00. The van der Waals surface area contributed by atoms with E-state index in [4.69, 9.17) is 9.47 Å². The van der Waals surface area contributed by atoms with Crippen LogP contribution in [-0.2, 0) is 14.3 Å². The van der Waals surface area contributed by atoms with Crippen molar-refractivity contribution in [2.75, 3.05) is 20.3 Å². The van der Waals surface area contributed by atoms with Crippen LogP contribution in [0.25, 0.3) is 0 Å². The van der Waals surface area contributed by atoms with Crippen molar-refractivity contribution in [1.82, 2.24) is 0 Å². The van der Waals surface area contributed by atoms with Crippen LogP contribution in [0.2, 0.25) is 0 Å². The zero-order valence-corrected chi connectivity index (χ0v) is 10.1. The minimum atomic E-state index is -0.301. The van der Waals surface area contributed by atoms with Gasteiger partial charge in [0.15, 0.2) is 0 Å². The summed E-state index contributed by atoms with van der Waals surface area (Å²) in [5, 5.41) is 0. The molecule has 0 amide bonds. The van der Waals surface area contributed by atoms with Crippen molar-refractivity contribution in [2.45, 2.75) is 6.92 Å². The van der Waals surface area contributed by atoms with Gasteiger partial charge in [-0.2, -0.15) is 0 Å². The number of methoxy groups -OCH3 is 1. The molecule has 0 radical (unpaired) electrons. The molecular weight excluding hydrogens is 292 g/mol. The first-order valence-electron chi connectivity index (χ1n) is 3.23. The molecule has 0 heterocycles. The van der Waals surface area contributed by atoms with Crippen LogP contribution in [0, 0.1) is 0 Å². The Morgan fingerprint density at radius 2 is 1.75 bits per heavy atom. The molecule has 0 aliphatic heterocycles. The third kappa shape index (κ3) is 5.74. The van der Waals surface area contributed by atoms with Gasteiger partial charge >= 0.3 is 5.97 Å². The number of rotatable bonds is 4. The van der Waals surface area contributed by atoms with Gasteiger partial charge in [0.05, 0.1) is 6.61 Å². The molecule has 0 aromatic carbocycles. The van der Waals surface area contributed by atoms with Crippen molar-refractivity contribution in [3.63, 3.8) is 0 Å². The van der Waals surface area contributed by atoms with Gasteiger partial charge in [-0.05, 0) is 0 Å². The summed E-state index contributed by atoms with van der Waals surface area (Å²) < 4.78 is 11.2. The molecule has 0 unspecified atom stereocenters. The first-order chi connectivity index (χ1) is 5.57. The van der Waals surface area contributed by atoms with E-state index in [0.29, 0.717) is 6.61 Å². The van der Waals surface area contributed by atoms with E-state index >= 15 is 0 Å². The predicted molar refractivity (Wildman–Crippen MR) is 53.4 cm³/mol. The van der Waals surface area contributed by atoms with Crippen molar-refractivity contribution >= 4 is 37.8 Å². The van der Waals surface area contributed by atoms with E-state index in [9.17, 15) is 4.79 Å². The van der Waals surface area contributed by atoms with Crippen LogP contribution in [-0.4, -0.2) is 26.3 Å². The van der Waals surface area contributed by atoms with Crippen LogP contribution < -0.4 is 0 Å². The van der Waals surface area contributed by atoms with E-state index in [1.54, 1.807) is 7.11 Å². The molecular formula is C7H10Br2O3. The number of halogens is 2. The molecule has 0 aliphatic carbocycles. The number of esters is 1. The van der Waals surface area contributed by atoms with E-state index in [2.05, 4.69) is 31.9 Å². The Hall–Kier alpha value is 0.130. The minimum Gasteiger partial charge on any atom is -0.460 e. The molecule has 0 saturated heterocycles. The normalized spacial score (nSPS) is 12.3. The van der Waals surface area contributed by atoms with E-state index in [1.807, 2.05) is 0 Å². The summed E-state index contributed by atoms with van der Waals surface area (Å²) in [7, 11) is 1.59. The van der Waals surface area contributed by atoms with Crippen LogP contribution in [0.5, 0.6) is 0 Å². The van der Waals surface area contributed by atoms with Gasteiger partial charge in [0.25, 0.3) is 0 Å². The van der Waals surface area contributed by atoms with E-state index in [1.165, 1.54) is 6.92 Å². The van der Waals surface area contributed by atoms with Gasteiger partial charge in [0, 0.05) is 23.0 Å². The smallest absolute Gasteiger partial charge is 0.302 e. The standard InChI is InChI=1S/C7H10Br2O3/c1-5(10)12-4-7(9)6(8)3-11-2/h3-4H2,1-2H3. The maximum Gasteiger partial charge on any atom is 0.302 e. The first kappa shape index (κ1) is 12.1. The second-order valence-corrected chi connectivity index (χ2v) is 3.94. The fraction of sp³-hybridized carbons (Fsp3) is 0.571. The first-order valence-corrected chi connectivity index (χ1v) is 4.81. The highest BCUT2D eigenvalue weighted by Gasteiger charge is 2.02. The Kier molecular flexibility index (Phi) is 6.70. The molecule has 0 aromatic heterocycles. The molecule has 0 fully saturated rings. The maximum absolute atomic E-state index is 10.4. The highest BCUT2D eigenvalue weighted by atomic mass is 79.9. The monoisotopic (exact) mass is 300 g/mol. The van der Waals surface area contributed by atoms with Crippen molar-refractivity contribution in [3.05, 3.63) is 8.96 Å². The molecule has 0 N–H and O–H groups in total. The molecule has 70 valence electrons. The maximum atomic E-state index is 10.4. The minimum absolute atomic E-state index is 0.235. The van der Waals surface area contributed by atoms with Crippen LogP contribution in [0.3, 0.4) is 0 Å². The molecule has 0 aliphatic rings. The van der Waals surface area contributed by atoms with Gasteiger partial charge < -0.3 is 9.47 Å². The quantitative estimate of drug-likeness (QED) is 0.747. The fourth-order valence-corrected chi connectivity index (χ4v) is 1.02. The van der Waals surface area contributed by atoms with Gasteiger partial charge in [-0.3, -0.25) is 4.79 Å². The molecule has 5 heteroatoms. The van der Waals surface area contributed by atoms with Crippen molar-refractivity contribution in [1.29, 1.82) is 0 Å². The topological polar surface area (TPSA) is 35.5 Å². The Morgan fingerprint density at radius 1 is 1.25 bits per heavy atom. The SMILES string of the molecule is COCC(Br)=C(Br)COC(C)=O. The van der Waals surface area contributed by atoms with Crippen LogP contribution in [0.4, 0.5) is 0 Å². The zero-order valence-electron chi connectivity index (χ0n) is 6.89. The van der Waals surface area contributed by atoms with Crippen LogP contribution in [0.1, 0.15) is 6.92 Å². The van der Waals surface area contributed by atoms with Gasteiger partial charge in [-0.15, -0.1) is 0 Å². The lowest BCUT2D eigenvalue weighted by Crippen LogP contribution is -2.02. The summed E-state index contributed by atoms with van der Waals surface area (Å²) >= 11 is 6.52. The van der Waals surface area contributed by atoms with Crippen LogP contribution >= 0.6 is 31.9 Å². The number of carbonyl (C=O) groups is 1. The summed E-state index contributed by atoms with van der Waals surface area (Å²) in [6, 6.07) is 0. The van der Waals surface area contributed by atoms with Gasteiger partial charge in [0.1, 0.15) is 6.61 Å². The lowest BCUT2D eigenvalue weighted by molar-refractivity contribution is -0.139. The summed E-state index contributed by atoms with van der Waals surface area (Å²) in [4.78, 5) is 10.4. The average molecular weight is 302 g/mol. The Morgan fingerprint density at radius 3 is 2.17 bits per heavy atom. The van der Waals surface area contributed by atoms with E-state index in [-0.39, 0.29) is 12.6 Å². The molecule has 0 aromatic rings. The van der Waals surface area contributed by atoms with Crippen LogP contribution in [0.15, 0.2) is 8.96 Å². The summed E-state index contributed by atoms with van der Waals surface area (Å²) in [5.41, 5.74) is 0. The predicted octanol–water partition coefficient (Wildman–Crippen LogP) is 2.20. The molecule has 0 bridgehead atoms. The van der Waals surface area contributed by atoms with Gasteiger partial charge in [-0.25, -0.2) is 0 Å². The van der Waals surface area contributed by atoms with Crippen molar-refractivity contribution < 1.29 is 14.3 Å². The Bertz CT molecular complexity index is 189. The Labute approximate surface area is 88.4 Å². The van der Waals surface area contributed by atoms with E-state index in [0.717, 1.165) is 8.96 Å². The molecule has 0 saturated carbocycles. The summed E-state index contributed by atoms with van der Waals surface area (Å²) in [6.07, 6.45) is 0. The number of carbonyl (C=O) groups excluding carboxylic acids is 1. The van der Waals surface area contributed by atoms with Crippen molar-refractivity contribution in [3.8, 4) is 0 Å². The number of hydrogen-bond acceptors (Lipinski definition) is 3. The van der Waals surface area contributed by atoms with Gasteiger partial charge in [-0.1, -0.05) is 31.9 Å². The largest absolute Gasteiger partial charge is 0.460 e. The molecule has 3 nitrogen and oxygen atoms in total. The molecule has 0 atom stereocenters. The zero-order chi connectivity index (χ0) is 9.56. The molecule has 0 spiro atoms.